The summed E-state index contributed by atoms with van der Waals surface area (Å²) in [6.07, 6.45) is 18.7. The number of aryl methyl sites for hydroxylation is 1. The molecule has 1 atom stereocenters. The molecule has 0 spiro atoms. The van der Waals surface area contributed by atoms with Crippen molar-refractivity contribution in [3.8, 4) is 11.4 Å². The highest BCUT2D eigenvalue weighted by atomic mass is 32.2. The fourth-order valence-electron chi connectivity index (χ4n) is 3.33. The Hall–Kier alpha value is -1.35. The summed E-state index contributed by atoms with van der Waals surface area (Å²) in [5, 5.41) is 0. The van der Waals surface area contributed by atoms with E-state index in [2.05, 4.69) is 55.0 Å². The van der Waals surface area contributed by atoms with Crippen LogP contribution in [-0.4, -0.2) is 15.7 Å². The molecule has 2 aromatic rings. The number of thioether (sulfide) groups is 1. The summed E-state index contributed by atoms with van der Waals surface area (Å²) in [5.74, 6) is 2.78. The highest BCUT2D eigenvalue weighted by Crippen LogP contribution is 2.24. The molecule has 2 rings (SSSR count). The van der Waals surface area contributed by atoms with Gasteiger partial charge in [-0.1, -0.05) is 90.7 Å². The Morgan fingerprint density at radius 3 is 1.97 bits per heavy atom. The number of nitrogens with zero attached hydrogens (tertiary/aromatic N) is 2. The van der Waals surface area contributed by atoms with Crippen LogP contribution in [0.1, 0.15) is 90.5 Å². The van der Waals surface area contributed by atoms with Gasteiger partial charge in [-0.25, -0.2) is 9.97 Å². The third-order valence-corrected chi connectivity index (χ3v) is 6.96. The number of unbranched alkanes of at least 4 members (excludes halogenated alkanes) is 8. The van der Waals surface area contributed by atoms with Crippen molar-refractivity contribution in [3.63, 3.8) is 0 Å². The van der Waals surface area contributed by atoms with Gasteiger partial charge in [0, 0.05) is 28.6 Å². The number of rotatable bonds is 15. The van der Waals surface area contributed by atoms with Crippen molar-refractivity contribution in [2.45, 2.75) is 96.3 Å². The molecule has 0 saturated heterocycles. The van der Waals surface area contributed by atoms with Crippen LogP contribution in [0, 0.1) is 5.92 Å². The maximum Gasteiger partial charge on any atom is 0.159 e. The zero-order chi connectivity index (χ0) is 20.7. The van der Waals surface area contributed by atoms with E-state index >= 15 is 0 Å². The van der Waals surface area contributed by atoms with Crippen molar-refractivity contribution in [3.05, 3.63) is 42.2 Å². The first kappa shape index (κ1) is 23.9. The van der Waals surface area contributed by atoms with E-state index in [0.717, 1.165) is 23.7 Å². The molecule has 0 aliphatic heterocycles. The molecule has 0 fully saturated rings. The number of aromatic nitrogens is 2. The second-order valence-electron chi connectivity index (χ2n) is 8.34. The molecule has 0 N–H and O–H groups in total. The largest absolute Gasteiger partial charge is 0.236 e. The van der Waals surface area contributed by atoms with Gasteiger partial charge in [0.05, 0.1) is 0 Å². The Labute approximate surface area is 183 Å². The van der Waals surface area contributed by atoms with E-state index in [0.29, 0.717) is 0 Å². The lowest BCUT2D eigenvalue weighted by Crippen LogP contribution is -1.95. The average Bonchev–Trinajstić information content (AvgIpc) is 2.77. The number of hydrogen-bond acceptors (Lipinski definition) is 3. The quantitative estimate of drug-likeness (QED) is 0.217. The van der Waals surface area contributed by atoms with Gasteiger partial charge in [0.25, 0.3) is 0 Å². The smallest absolute Gasteiger partial charge is 0.159 e. The molecule has 1 aromatic heterocycles. The first-order chi connectivity index (χ1) is 14.2. The van der Waals surface area contributed by atoms with E-state index in [4.69, 9.17) is 0 Å². The summed E-state index contributed by atoms with van der Waals surface area (Å²) in [6, 6.07) is 8.69. The summed E-state index contributed by atoms with van der Waals surface area (Å²) in [7, 11) is 0. The van der Waals surface area contributed by atoms with E-state index in [1.807, 2.05) is 24.2 Å². The topological polar surface area (TPSA) is 25.8 Å². The van der Waals surface area contributed by atoms with Crippen LogP contribution in [0.15, 0.2) is 41.6 Å². The highest BCUT2D eigenvalue weighted by molar-refractivity contribution is 7.99. The highest BCUT2D eigenvalue weighted by Gasteiger charge is 2.04. The van der Waals surface area contributed by atoms with E-state index in [1.165, 1.54) is 80.4 Å². The summed E-state index contributed by atoms with van der Waals surface area (Å²) < 4.78 is 0. The Morgan fingerprint density at radius 2 is 1.38 bits per heavy atom. The van der Waals surface area contributed by atoms with Gasteiger partial charge >= 0.3 is 0 Å². The Kier molecular flexibility index (Phi) is 12.0. The molecule has 1 heterocycles. The minimum Gasteiger partial charge on any atom is -0.236 e. The molecule has 0 bridgehead atoms. The van der Waals surface area contributed by atoms with Crippen LogP contribution in [0.3, 0.4) is 0 Å². The zero-order valence-corrected chi connectivity index (χ0v) is 19.6. The molecule has 0 radical (unpaired) electrons. The van der Waals surface area contributed by atoms with Gasteiger partial charge in [-0.3, -0.25) is 0 Å². The lowest BCUT2D eigenvalue weighted by molar-refractivity contribution is 0.564. The molecule has 2 nitrogen and oxygen atoms in total. The maximum absolute atomic E-state index is 4.61. The second-order valence-corrected chi connectivity index (χ2v) is 9.44. The molecule has 0 saturated carbocycles. The summed E-state index contributed by atoms with van der Waals surface area (Å²) in [5.41, 5.74) is 2.37. The van der Waals surface area contributed by atoms with Gasteiger partial charge in [-0.15, -0.1) is 11.8 Å². The van der Waals surface area contributed by atoms with E-state index in [9.17, 15) is 0 Å². The van der Waals surface area contributed by atoms with Gasteiger partial charge in [0.2, 0.25) is 0 Å². The first-order valence-corrected chi connectivity index (χ1v) is 12.8. The molecule has 160 valence electrons. The van der Waals surface area contributed by atoms with Crippen LogP contribution in [0.25, 0.3) is 11.4 Å². The Bertz CT molecular complexity index is 651. The van der Waals surface area contributed by atoms with Crippen LogP contribution in [0.4, 0.5) is 0 Å². The summed E-state index contributed by atoms with van der Waals surface area (Å²) >= 11 is 1.94. The minimum absolute atomic E-state index is 0.765. The predicted octanol–water partition coefficient (Wildman–Crippen LogP) is 8.36. The van der Waals surface area contributed by atoms with E-state index < -0.39 is 0 Å². The molecule has 29 heavy (non-hydrogen) atoms. The van der Waals surface area contributed by atoms with Gasteiger partial charge in [0.15, 0.2) is 5.82 Å². The Balaban J connectivity index is 1.67. The third-order valence-electron chi connectivity index (χ3n) is 5.62. The van der Waals surface area contributed by atoms with Gasteiger partial charge in [0.1, 0.15) is 0 Å². The van der Waals surface area contributed by atoms with E-state index in [1.54, 1.807) is 0 Å². The monoisotopic (exact) mass is 412 g/mol. The molecule has 0 amide bonds. The summed E-state index contributed by atoms with van der Waals surface area (Å²) in [4.78, 5) is 10.5. The van der Waals surface area contributed by atoms with E-state index in [-0.39, 0.29) is 0 Å². The lowest BCUT2D eigenvalue weighted by atomic mass is 10.1. The fourth-order valence-corrected chi connectivity index (χ4v) is 4.37. The van der Waals surface area contributed by atoms with Crippen molar-refractivity contribution in [1.29, 1.82) is 0 Å². The van der Waals surface area contributed by atoms with Crippen molar-refractivity contribution < 1.29 is 0 Å². The van der Waals surface area contributed by atoms with Crippen LogP contribution in [0.5, 0.6) is 0 Å². The molecular weight excluding hydrogens is 372 g/mol. The van der Waals surface area contributed by atoms with Crippen LogP contribution >= 0.6 is 11.8 Å². The van der Waals surface area contributed by atoms with Gasteiger partial charge < -0.3 is 0 Å². The van der Waals surface area contributed by atoms with Gasteiger partial charge in [-0.05, 0) is 36.5 Å². The van der Waals surface area contributed by atoms with Crippen molar-refractivity contribution in [2.75, 3.05) is 5.75 Å². The SMILES string of the molecule is CCCCCCCCCCCc1cnc(-c2ccc(SCC(C)CC)cc2)nc1. The average molecular weight is 413 g/mol. The molecule has 1 aromatic carbocycles. The van der Waals surface area contributed by atoms with Crippen molar-refractivity contribution in [1.82, 2.24) is 9.97 Å². The molecule has 0 aliphatic carbocycles. The second kappa shape index (κ2) is 14.6. The predicted molar refractivity (Wildman–Crippen MR) is 129 cm³/mol. The van der Waals surface area contributed by atoms with Crippen molar-refractivity contribution in [2.24, 2.45) is 5.92 Å². The normalized spacial score (nSPS) is 12.2. The zero-order valence-electron chi connectivity index (χ0n) is 18.8. The summed E-state index contributed by atoms with van der Waals surface area (Å²) in [6.45, 7) is 6.84. The molecule has 3 heteroatoms. The minimum atomic E-state index is 0.765. The fraction of sp³-hybridized carbons (Fsp3) is 0.615. The number of hydrogen-bond donors (Lipinski definition) is 0. The van der Waals surface area contributed by atoms with Gasteiger partial charge in [-0.2, -0.15) is 0 Å². The first-order valence-electron chi connectivity index (χ1n) is 11.8. The number of benzene rings is 1. The third kappa shape index (κ3) is 9.80. The van der Waals surface area contributed by atoms with Crippen LogP contribution in [-0.2, 0) is 6.42 Å². The molecular formula is C26H40N2S. The molecule has 1 unspecified atom stereocenters. The lowest BCUT2D eigenvalue weighted by Gasteiger charge is -2.08. The van der Waals surface area contributed by atoms with Crippen LogP contribution in [0.2, 0.25) is 0 Å². The molecule has 0 aliphatic rings. The van der Waals surface area contributed by atoms with Crippen LogP contribution < -0.4 is 0 Å². The maximum atomic E-state index is 4.61. The standard InChI is InChI=1S/C26H40N2S/c1-4-6-7-8-9-10-11-12-13-14-23-19-27-26(28-20-23)24-15-17-25(18-16-24)29-21-22(3)5-2/h15-20,22H,4-14,21H2,1-3H3. The Morgan fingerprint density at radius 1 is 0.793 bits per heavy atom. The van der Waals surface area contributed by atoms with Crippen molar-refractivity contribution >= 4 is 11.8 Å².